The molecule has 0 spiro atoms. The van der Waals surface area contributed by atoms with Crippen molar-refractivity contribution in [2.45, 2.75) is 53.1 Å². The summed E-state index contributed by atoms with van der Waals surface area (Å²) in [6.07, 6.45) is 2.33. The van der Waals surface area contributed by atoms with Gasteiger partial charge in [0.05, 0.1) is 6.54 Å². The molecule has 0 radical (unpaired) electrons. The second-order valence-electron chi connectivity index (χ2n) is 8.04. The van der Waals surface area contributed by atoms with Gasteiger partial charge in [0.1, 0.15) is 11.5 Å². The molecule has 0 aliphatic rings. The third-order valence-electron chi connectivity index (χ3n) is 4.90. The highest BCUT2D eigenvalue weighted by Crippen LogP contribution is 2.20. The first-order valence-electron chi connectivity index (χ1n) is 10.6. The summed E-state index contributed by atoms with van der Waals surface area (Å²) in [5.41, 5.74) is 6.63. The maximum absolute atomic E-state index is 12.7. The largest absolute Gasteiger partial charge is 0.383 e. The first-order valence-corrected chi connectivity index (χ1v) is 10.6. The Hall–Kier alpha value is -3.36. The van der Waals surface area contributed by atoms with Gasteiger partial charge in [-0.25, -0.2) is 4.79 Å². The van der Waals surface area contributed by atoms with Crippen LogP contribution in [0, 0.1) is 5.92 Å². The number of nitrogens with one attached hydrogen (secondary N) is 1. The maximum Gasteiger partial charge on any atom is 0.330 e. The summed E-state index contributed by atoms with van der Waals surface area (Å²) in [4.78, 5) is 33.7. The number of hydrogen-bond donors (Lipinski definition) is 2. The van der Waals surface area contributed by atoms with Gasteiger partial charge in [0, 0.05) is 19.5 Å². The van der Waals surface area contributed by atoms with Crippen LogP contribution in [0.2, 0.25) is 0 Å². The molecule has 0 unspecified atom stereocenters. The standard InChI is InChI=1S/C22H30N6O3/c1-4-5-11-27(19-20(23)28(13-15(2)3)22(30)25-21(19)29)14-18-24-17(26-31-18)12-16-9-7-6-8-10-16/h6-10,15H,4-5,11-14,23H2,1-3H3,(H,25,29,30). The molecule has 0 saturated carbocycles. The van der Waals surface area contributed by atoms with E-state index < -0.39 is 11.2 Å². The lowest BCUT2D eigenvalue weighted by Gasteiger charge is -2.25. The van der Waals surface area contributed by atoms with E-state index in [0.29, 0.717) is 31.2 Å². The van der Waals surface area contributed by atoms with Gasteiger partial charge in [-0.15, -0.1) is 0 Å². The Bertz CT molecular complexity index is 1100. The molecule has 1 aromatic carbocycles. The average Bonchev–Trinajstić information content (AvgIpc) is 3.16. The number of nitrogens with zero attached hydrogens (tertiary/aromatic N) is 4. The van der Waals surface area contributed by atoms with E-state index in [1.54, 1.807) is 0 Å². The minimum Gasteiger partial charge on any atom is -0.383 e. The summed E-state index contributed by atoms with van der Waals surface area (Å²) in [7, 11) is 0. The van der Waals surface area contributed by atoms with E-state index in [4.69, 9.17) is 10.3 Å². The van der Waals surface area contributed by atoms with Gasteiger partial charge < -0.3 is 15.2 Å². The second-order valence-corrected chi connectivity index (χ2v) is 8.04. The first-order chi connectivity index (χ1) is 14.9. The molecule has 2 aromatic heterocycles. The number of nitrogen functional groups attached to an aromatic ring is 1. The molecule has 3 rings (SSSR count). The molecule has 0 bridgehead atoms. The molecule has 0 atom stereocenters. The second kappa shape index (κ2) is 10.1. The fraction of sp³-hybridized carbons (Fsp3) is 0.455. The third-order valence-corrected chi connectivity index (χ3v) is 4.90. The zero-order chi connectivity index (χ0) is 22.4. The normalized spacial score (nSPS) is 11.2. The van der Waals surface area contributed by atoms with E-state index in [-0.39, 0.29) is 24.0 Å². The number of H-pyrrole nitrogens is 1. The third kappa shape index (κ3) is 5.62. The molecule has 3 aromatic rings. The lowest BCUT2D eigenvalue weighted by atomic mass is 10.1. The topological polar surface area (TPSA) is 123 Å². The molecule has 166 valence electrons. The number of benzene rings is 1. The van der Waals surface area contributed by atoms with Crippen LogP contribution in [0.5, 0.6) is 0 Å². The van der Waals surface area contributed by atoms with Crippen LogP contribution in [-0.4, -0.2) is 26.2 Å². The molecular weight excluding hydrogens is 396 g/mol. The minimum atomic E-state index is -0.511. The van der Waals surface area contributed by atoms with Crippen molar-refractivity contribution in [3.63, 3.8) is 0 Å². The molecule has 3 N–H and O–H groups in total. The van der Waals surface area contributed by atoms with Gasteiger partial charge in [-0.2, -0.15) is 4.98 Å². The van der Waals surface area contributed by atoms with Gasteiger partial charge in [0.15, 0.2) is 5.82 Å². The van der Waals surface area contributed by atoms with Crippen molar-refractivity contribution in [1.29, 1.82) is 0 Å². The van der Waals surface area contributed by atoms with Gasteiger partial charge in [-0.05, 0) is 17.9 Å². The lowest BCUT2D eigenvalue weighted by Crippen LogP contribution is -2.39. The molecule has 0 saturated heterocycles. The van der Waals surface area contributed by atoms with Crippen LogP contribution >= 0.6 is 0 Å². The molecule has 0 amide bonds. The van der Waals surface area contributed by atoms with Gasteiger partial charge in [-0.1, -0.05) is 62.7 Å². The predicted octanol–water partition coefficient (Wildman–Crippen LogP) is 2.56. The quantitative estimate of drug-likeness (QED) is 0.511. The predicted molar refractivity (Wildman–Crippen MR) is 120 cm³/mol. The smallest absolute Gasteiger partial charge is 0.330 e. The molecule has 0 fully saturated rings. The Labute approximate surface area is 180 Å². The first kappa shape index (κ1) is 22.3. The van der Waals surface area contributed by atoms with Crippen LogP contribution in [0.15, 0.2) is 44.4 Å². The van der Waals surface area contributed by atoms with Crippen LogP contribution in [0.4, 0.5) is 11.5 Å². The number of hydrogen-bond acceptors (Lipinski definition) is 7. The van der Waals surface area contributed by atoms with E-state index in [2.05, 4.69) is 22.0 Å². The molecule has 2 heterocycles. The monoisotopic (exact) mass is 426 g/mol. The van der Waals surface area contributed by atoms with Crippen LogP contribution in [-0.2, 0) is 19.5 Å². The Kier molecular flexibility index (Phi) is 7.28. The van der Waals surface area contributed by atoms with Crippen LogP contribution < -0.4 is 21.9 Å². The molecule has 31 heavy (non-hydrogen) atoms. The van der Waals surface area contributed by atoms with E-state index in [9.17, 15) is 9.59 Å². The van der Waals surface area contributed by atoms with Gasteiger partial charge in [0.2, 0.25) is 5.89 Å². The molecule has 0 aliphatic carbocycles. The minimum absolute atomic E-state index is 0.155. The highest BCUT2D eigenvalue weighted by atomic mass is 16.5. The number of aromatic amines is 1. The molecule has 9 nitrogen and oxygen atoms in total. The Morgan fingerprint density at radius 2 is 1.97 bits per heavy atom. The maximum atomic E-state index is 12.7. The summed E-state index contributed by atoms with van der Waals surface area (Å²) < 4.78 is 6.85. The van der Waals surface area contributed by atoms with Crippen molar-refractivity contribution in [2.24, 2.45) is 5.92 Å². The van der Waals surface area contributed by atoms with Crippen molar-refractivity contribution in [2.75, 3.05) is 17.2 Å². The molecule has 9 heteroatoms. The Balaban J connectivity index is 1.89. The van der Waals surface area contributed by atoms with E-state index >= 15 is 0 Å². The Morgan fingerprint density at radius 1 is 1.23 bits per heavy atom. The summed E-state index contributed by atoms with van der Waals surface area (Å²) in [5.74, 6) is 1.31. The van der Waals surface area contributed by atoms with Crippen molar-refractivity contribution in [3.05, 3.63) is 68.4 Å². The SMILES string of the molecule is CCCCN(Cc1nc(Cc2ccccc2)no1)c1c(N)n(CC(C)C)c(=O)[nH]c1=O. The average molecular weight is 427 g/mol. The van der Waals surface area contributed by atoms with Gasteiger partial charge in [0.25, 0.3) is 5.56 Å². The van der Waals surface area contributed by atoms with E-state index in [1.165, 1.54) is 4.57 Å². The van der Waals surface area contributed by atoms with E-state index in [1.807, 2.05) is 49.1 Å². The number of rotatable bonds is 10. The highest BCUT2D eigenvalue weighted by molar-refractivity contribution is 5.62. The fourth-order valence-corrected chi connectivity index (χ4v) is 3.42. The highest BCUT2D eigenvalue weighted by Gasteiger charge is 2.21. The summed E-state index contributed by atoms with van der Waals surface area (Å²) >= 11 is 0. The van der Waals surface area contributed by atoms with Crippen LogP contribution in [0.25, 0.3) is 0 Å². The zero-order valence-corrected chi connectivity index (χ0v) is 18.3. The van der Waals surface area contributed by atoms with Gasteiger partial charge in [-0.3, -0.25) is 14.3 Å². The zero-order valence-electron chi connectivity index (χ0n) is 18.3. The fourth-order valence-electron chi connectivity index (χ4n) is 3.42. The summed E-state index contributed by atoms with van der Waals surface area (Å²) in [5, 5.41) is 4.07. The number of anilines is 2. The molecular formula is C22H30N6O3. The van der Waals surface area contributed by atoms with Crippen molar-refractivity contribution in [1.82, 2.24) is 19.7 Å². The summed E-state index contributed by atoms with van der Waals surface area (Å²) in [6.45, 7) is 7.25. The van der Waals surface area contributed by atoms with Crippen LogP contribution in [0.3, 0.4) is 0 Å². The summed E-state index contributed by atoms with van der Waals surface area (Å²) in [6, 6.07) is 9.88. The van der Waals surface area contributed by atoms with Gasteiger partial charge >= 0.3 is 5.69 Å². The molecule has 0 aliphatic heterocycles. The lowest BCUT2D eigenvalue weighted by molar-refractivity contribution is 0.371. The van der Waals surface area contributed by atoms with Crippen molar-refractivity contribution < 1.29 is 4.52 Å². The van der Waals surface area contributed by atoms with Crippen LogP contribution in [0.1, 0.15) is 50.9 Å². The number of unbranched alkanes of at least 4 members (excludes halogenated alkanes) is 1. The Morgan fingerprint density at radius 3 is 2.65 bits per heavy atom. The van der Waals surface area contributed by atoms with Crippen molar-refractivity contribution >= 4 is 11.5 Å². The number of nitrogens with two attached hydrogens (primary N) is 1. The van der Waals surface area contributed by atoms with Crippen molar-refractivity contribution in [3.8, 4) is 0 Å². The number of aromatic nitrogens is 4. The van der Waals surface area contributed by atoms with E-state index in [0.717, 1.165) is 18.4 Å².